The molecule has 0 N–H and O–H groups in total. The number of esters is 1. The molecule has 1 aliphatic heterocycles. The van der Waals surface area contributed by atoms with Crippen LogP contribution in [0, 0.1) is 11.8 Å². The van der Waals surface area contributed by atoms with Crippen LogP contribution in [0.25, 0.3) is 0 Å². The van der Waals surface area contributed by atoms with E-state index in [1.54, 1.807) is 0 Å². The van der Waals surface area contributed by atoms with Gasteiger partial charge in [-0.25, -0.2) is 0 Å². The standard InChI is InChI=1S/C17H31O3Si.3C4H9.Sn/c1-8-13(2)15-11-14(12-16(18)20-15)9-10-19-21(6,7)17(3,4)5;3*1-3-4-2;/h1,8,13-15H,9-12H2,2-7H3;3*1,3-4H2,2H3;/t13-,14-,15-;;;;/m1..../s1. The average Bonchev–Trinajstić information content (AvgIpc) is 2.76. The third kappa shape index (κ3) is 11.1. The van der Waals surface area contributed by atoms with Gasteiger partial charge in [-0.05, 0) is 0 Å². The molecule has 0 amide bonds. The van der Waals surface area contributed by atoms with Crippen LogP contribution in [-0.2, 0) is 14.0 Å². The zero-order valence-corrected chi connectivity index (χ0v) is 28.2. The van der Waals surface area contributed by atoms with Gasteiger partial charge in [0.05, 0.1) is 0 Å². The maximum absolute atomic E-state index is 12.5. The Hall–Kier alpha value is 0.186. The summed E-state index contributed by atoms with van der Waals surface area (Å²) < 4.78 is 19.5. The summed E-state index contributed by atoms with van der Waals surface area (Å²) >= 11 is -2.30. The van der Waals surface area contributed by atoms with E-state index in [-0.39, 0.29) is 17.1 Å². The fourth-order valence-electron chi connectivity index (χ4n) is 4.84. The van der Waals surface area contributed by atoms with E-state index in [0.29, 0.717) is 18.3 Å². The monoisotopic (exact) mass is 602 g/mol. The first-order chi connectivity index (χ1) is 15.9. The normalized spacial score (nSPS) is 21.1. The first kappa shape index (κ1) is 32.2. The number of unbranched alkanes of at least 4 members (excludes halogenated alkanes) is 3. The van der Waals surface area contributed by atoms with E-state index in [9.17, 15) is 4.79 Å². The Kier molecular flexibility index (Phi) is 14.6. The second kappa shape index (κ2) is 15.4. The van der Waals surface area contributed by atoms with Crippen molar-refractivity contribution >= 4 is 32.7 Å². The van der Waals surface area contributed by atoms with Crippen LogP contribution in [0.5, 0.6) is 0 Å². The molecule has 1 aliphatic rings. The van der Waals surface area contributed by atoms with Gasteiger partial charge in [-0.1, -0.05) is 0 Å². The third-order valence-electron chi connectivity index (χ3n) is 8.52. The van der Waals surface area contributed by atoms with E-state index >= 15 is 0 Å². The van der Waals surface area contributed by atoms with E-state index in [0.717, 1.165) is 19.4 Å². The second-order valence-corrected chi connectivity index (χ2v) is 30.4. The van der Waals surface area contributed by atoms with Gasteiger partial charge in [0.2, 0.25) is 0 Å². The number of carbonyl (C=O) groups is 1. The van der Waals surface area contributed by atoms with Gasteiger partial charge in [0, 0.05) is 0 Å². The molecule has 0 aromatic carbocycles. The summed E-state index contributed by atoms with van der Waals surface area (Å²) in [4.78, 5) is 12.5. The number of hydrogen-bond acceptors (Lipinski definition) is 3. The maximum atomic E-state index is 12.5. The Labute approximate surface area is 218 Å². The topological polar surface area (TPSA) is 35.5 Å². The summed E-state index contributed by atoms with van der Waals surface area (Å²) in [6, 6.07) is 0. The molecule has 1 fully saturated rings. The van der Waals surface area contributed by atoms with Crippen LogP contribution >= 0.6 is 0 Å². The van der Waals surface area contributed by atoms with Crippen molar-refractivity contribution in [2.45, 2.75) is 144 Å². The summed E-state index contributed by atoms with van der Waals surface area (Å²) in [5.74, 6) is 0.695. The molecule has 34 heavy (non-hydrogen) atoms. The summed E-state index contributed by atoms with van der Waals surface area (Å²) in [7, 11) is -1.73. The molecule has 0 aliphatic carbocycles. The molecule has 0 unspecified atom stereocenters. The molecule has 3 atom stereocenters. The molecule has 1 heterocycles. The van der Waals surface area contributed by atoms with Gasteiger partial charge in [0.15, 0.2) is 0 Å². The minimum atomic E-state index is -2.30. The molecule has 0 radical (unpaired) electrons. The molecular weight excluding hydrogens is 543 g/mol. The first-order valence-corrected chi connectivity index (χ1v) is 25.0. The first-order valence-electron chi connectivity index (χ1n) is 14.4. The molecule has 0 aromatic heterocycles. The van der Waals surface area contributed by atoms with Crippen molar-refractivity contribution in [3.05, 3.63) is 10.2 Å². The molecule has 0 bridgehead atoms. The molecule has 0 saturated carbocycles. The van der Waals surface area contributed by atoms with Crippen LogP contribution in [0.15, 0.2) is 10.2 Å². The number of rotatable bonds is 16. The summed E-state index contributed by atoms with van der Waals surface area (Å²) in [6.45, 7) is 21.5. The Bertz CT molecular complexity index is 589. The van der Waals surface area contributed by atoms with Crippen LogP contribution in [0.4, 0.5) is 0 Å². The molecule has 1 rings (SSSR count). The zero-order chi connectivity index (χ0) is 25.8. The van der Waals surface area contributed by atoms with Crippen molar-refractivity contribution in [3.63, 3.8) is 0 Å². The van der Waals surface area contributed by atoms with Crippen molar-refractivity contribution in [3.8, 4) is 0 Å². The average molecular weight is 602 g/mol. The molecule has 1 saturated heterocycles. The van der Waals surface area contributed by atoms with Gasteiger partial charge in [0.1, 0.15) is 0 Å². The number of cyclic esters (lactones) is 1. The Morgan fingerprint density at radius 3 is 2.06 bits per heavy atom. The van der Waals surface area contributed by atoms with Gasteiger partial charge in [-0.2, -0.15) is 0 Å². The van der Waals surface area contributed by atoms with Crippen LogP contribution in [0.3, 0.4) is 0 Å². The van der Waals surface area contributed by atoms with E-state index < -0.39 is 26.7 Å². The van der Waals surface area contributed by atoms with E-state index in [2.05, 4.69) is 71.7 Å². The molecular formula is C29H58O3SiSn. The third-order valence-corrected chi connectivity index (χ3v) is 27.2. The Morgan fingerprint density at radius 1 is 1.06 bits per heavy atom. The fourth-order valence-corrected chi connectivity index (χ4v) is 20.6. The molecule has 5 heteroatoms. The summed E-state index contributed by atoms with van der Waals surface area (Å²) in [6.07, 6.45) is 13.1. The van der Waals surface area contributed by atoms with Crippen LogP contribution in [0.2, 0.25) is 31.4 Å². The fraction of sp³-hybridized carbons (Fsp3) is 0.897. The van der Waals surface area contributed by atoms with Gasteiger partial charge >= 0.3 is 219 Å². The van der Waals surface area contributed by atoms with Crippen LogP contribution in [0.1, 0.15) is 106 Å². The second-order valence-electron chi connectivity index (χ2n) is 12.6. The van der Waals surface area contributed by atoms with Crippen LogP contribution < -0.4 is 0 Å². The SMILES string of the molecule is CCC[CH2][Sn](/[CH]=C/[C@@H](C)[C@H]1C[C@@H](CCO[Si](C)(C)C(C)(C)C)CC(=O)O1)([CH2]CCC)[CH2]CCC. The van der Waals surface area contributed by atoms with Crippen molar-refractivity contribution in [1.82, 2.24) is 0 Å². The number of hydrogen-bond donors (Lipinski definition) is 0. The summed E-state index contributed by atoms with van der Waals surface area (Å²) in [5.41, 5.74) is 0. The predicted octanol–water partition coefficient (Wildman–Crippen LogP) is 9.30. The number of ether oxygens (including phenoxy) is 1. The van der Waals surface area contributed by atoms with Crippen molar-refractivity contribution in [2.75, 3.05) is 6.61 Å². The van der Waals surface area contributed by atoms with Crippen molar-refractivity contribution < 1.29 is 14.0 Å². The van der Waals surface area contributed by atoms with Gasteiger partial charge in [-0.15, -0.1) is 0 Å². The Balaban J connectivity index is 2.82. The van der Waals surface area contributed by atoms with Gasteiger partial charge < -0.3 is 0 Å². The predicted molar refractivity (Wildman–Crippen MR) is 154 cm³/mol. The van der Waals surface area contributed by atoms with Crippen molar-refractivity contribution in [2.24, 2.45) is 11.8 Å². The minimum absolute atomic E-state index is 0.00782. The molecule has 0 aromatic rings. The molecule has 3 nitrogen and oxygen atoms in total. The zero-order valence-electron chi connectivity index (χ0n) is 24.3. The quantitative estimate of drug-likeness (QED) is 0.131. The van der Waals surface area contributed by atoms with E-state index in [1.807, 2.05) is 0 Å². The molecule has 200 valence electrons. The van der Waals surface area contributed by atoms with E-state index in [4.69, 9.17) is 9.16 Å². The van der Waals surface area contributed by atoms with Crippen LogP contribution in [-0.4, -0.2) is 45.4 Å². The molecule has 0 spiro atoms. The van der Waals surface area contributed by atoms with E-state index in [1.165, 1.54) is 51.8 Å². The summed E-state index contributed by atoms with van der Waals surface area (Å²) in [5, 5.41) is 0.228. The Morgan fingerprint density at radius 2 is 1.59 bits per heavy atom. The van der Waals surface area contributed by atoms with Gasteiger partial charge in [-0.3, -0.25) is 0 Å². The van der Waals surface area contributed by atoms with Crippen molar-refractivity contribution in [1.29, 1.82) is 0 Å². The van der Waals surface area contributed by atoms with Gasteiger partial charge in [0.25, 0.3) is 0 Å². The number of carbonyl (C=O) groups excluding carboxylic acids is 1.